The van der Waals surface area contributed by atoms with Crippen molar-refractivity contribution in [3.8, 4) is 5.75 Å². The molecule has 0 spiro atoms. The van der Waals surface area contributed by atoms with E-state index in [0.29, 0.717) is 18.0 Å². The monoisotopic (exact) mass is 665 g/mol. The minimum atomic E-state index is -3.94. The Hall–Kier alpha value is -4.41. The van der Waals surface area contributed by atoms with Crippen molar-refractivity contribution in [2.24, 2.45) is 0 Å². The first-order valence-electron chi connectivity index (χ1n) is 15.0. The zero-order valence-corrected chi connectivity index (χ0v) is 27.1. The van der Waals surface area contributed by atoms with E-state index in [0.717, 1.165) is 42.5 Å². The van der Waals surface area contributed by atoms with Gasteiger partial charge in [-0.1, -0.05) is 73.8 Å². The summed E-state index contributed by atoms with van der Waals surface area (Å²) in [6.45, 7) is 2.35. The van der Waals surface area contributed by atoms with E-state index < -0.39 is 27.8 Å². The summed E-state index contributed by atoms with van der Waals surface area (Å²) >= 11 is 6.10. The minimum absolute atomic E-state index is 0.0393. The molecule has 0 heterocycles. The lowest BCUT2D eigenvalue weighted by Gasteiger charge is -2.31. The number of carbonyl (C=O) groups excluding carboxylic acids is 2. The lowest BCUT2D eigenvalue weighted by Crippen LogP contribution is -2.51. The van der Waals surface area contributed by atoms with E-state index in [1.807, 2.05) is 30.3 Å². The van der Waals surface area contributed by atoms with Crippen LogP contribution in [0.2, 0.25) is 5.02 Å². The number of carbonyl (C=O) groups is 2. The fraction of sp³-hybridized carbons (Fsp3) is 0.257. The maximum absolute atomic E-state index is 13.8. The minimum Gasteiger partial charge on any atom is -0.484 e. The molecule has 8 nitrogen and oxygen atoms in total. The number of hydrogen-bond donors (Lipinski definition) is 2. The molecular weight excluding hydrogens is 629 g/mol. The lowest BCUT2D eigenvalue weighted by molar-refractivity contribution is -0.142. The Morgan fingerprint density at radius 1 is 0.870 bits per heavy atom. The van der Waals surface area contributed by atoms with Gasteiger partial charge in [-0.05, 0) is 78.2 Å². The summed E-state index contributed by atoms with van der Waals surface area (Å²) in [5.74, 6) is -0.895. The highest BCUT2D eigenvalue weighted by Crippen LogP contribution is 2.21. The van der Waals surface area contributed by atoms with E-state index in [1.165, 1.54) is 41.3 Å². The number of halogens is 2. The number of unbranched alkanes of at least 4 members (excludes halogenated alkanes) is 2. The van der Waals surface area contributed by atoms with Gasteiger partial charge in [0.05, 0.1) is 4.90 Å². The Morgan fingerprint density at radius 2 is 1.54 bits per heavy atom. The van der Waals surface area contributed by atoms with E-state index in [1.54, 1.807) is 24.3 Å². The van der Waals surface area contributed by atoms with Gasteiger partial charge in [0.15, 0.2) is 6.61 Å². The molecular formula is C35H37ClFN3O5S. The van der Waals surface area contributed by atoms with Gasteiger partial charge in [0.2, 0.25) is 5.91 Å². The second kappa shape index (κ2) is 16.8. The van der Waals surface area contributed by atoms with Crippen LogP contribution >= 0.6 is 11.6 Å². The summed E-state index contributed by atoms with van der Waals surface area (Å²) in [4.78, 5) is 28.9. The molecule has 11 heteroatoms. The van der Waals surface area contributed by atoms with Gasteiger partial charge in [0.25, 0.3) is 15.9 Å². The molecule has 2 amide bonds. The molecule has 0 aliphatic heterocycles. The second-order valence-electron chi connectivity index (χ2n) is 10.7. The third-order valence-corrected chi connectivity index (χ3v) is 8.86. The van der Waals surface area contributed by atoms with Crippen molar-refractivity contribution in [1.29, 1.82) is 0 Å². The van der Waals surface area contributed by atoms with E-state index >= 15 is 0 Å². The molecule has 0 aliphatic rings. The van der Waals surface area contributed by atoms with Crippen molar-refractivity contribution in [2.45, 2.75) is 50.1 Å². The standard InChI is InChI=1S/C35H37ClFN3O5S/c1-2-3-7-22-38-35(42)33(23-26-8-5-4-6-9-26)40(24-27-10-12-28(36)13-11-27)34(41)25-45-31-18-20-32(21-19-31)46(43,44)39-30-16-14-29(37)15-17-30/h4-6,8-21,33,39H,2-3,7,22-25H2,1H3,(H,38,42)/t33-/m1/s1. The van der Waals surface area contributed by atoms with Gasteiger partial charge >= 0.3 is 0 Å². The molecule has 4 rings (SSSR count). The van der Waals surface area contributed by atoms with E-state index in [9.17, 15) is 22.4 Å². The van der Waals surface area contributed by atoms with Crippen LogP contribution in [0.3, 0.4) is 0 Å². The summed E-state index contributed by atoms with van der Waals surface area (Å²) in [6.07, 6.45) is 3.12. The number of sulfonamides is 1. The van der Waals surface area contributed by atoms with Crippen molar-refractivity contribution in [3.63, 3.8) is 0 Å². The topological polar surface area (TPSA) is 105 Å². The van der Waals surface area contributed by atoms with Crippen LogP contribution in [0, 0.1) is 5.82 Å². The second-order valence-corrected chi connectivity index (χ2v) is 12.8. The van der Waals surface area contributed by atoms with Crippen LogP contribution in [0.15, 0.2) is 108 Å². The van der Waals surface area contributed by atoms with Crippen LogP contribution in [-0.4, -0.2) is 44.3 Å². The third kappa shape index (κ3) is 10.3. The maximum Gasteiger partial charge on any atom is 0.261 e. The van der Waals surface area contributed by atoms with E-state index in [4.69, 9.17) is 16.3 Å². The van der Waals surface area contributed by atoms with Gasteiger partial charge in [-0.25, -0.2) is 12.8 Å². The molecule has 0 radical (unpaired) electrons. The average molecular weight is 666 g/mol. The molecule has 242 valence electrons. The largest absolute Gasteiger partial charge is 0.484 e. The molecule has 4 aromatic carbocycles. The van der Waals surface area contributed by atoms with Gasteiger partial charge < -0.3 is 15.0 Å². The SMILES string of the molecule is CCCCCNC(=O)[C@@H](Cc1ccccc1)N(Cc1ccc(Cl)cc1)C(=O)COc1ccc(S(=O)(=O)Nc2ccc(F)cc2)cc1. The number of benzene rings is 4. The molecule has 2 N–H and O–H groups in total. The smallest absolute Gasteiger partial charge is 0.261 e. The van der Waals surface area contributed by atoms with E-state index in [-0.39, 0.29) is 35.4 Å². The van der Waals surface area contributed by atoms with Crippen molar-refractivity contribution in [1.82, 2.24) is 10.2 Å². The first-order chi connectivity index (χ1) is 22.1. The number of nitrogens with zero attached hydrogens (tertiary/aromatic N) is 1. The maximum atomic E-state index is 13.8. The first kappa shape index (κ1) is 34.5. The van der Waals surface area contributed by atoms with Crippen LogP contribution in [-0.2, 0) is 32.6 Å². The Morgan fingerprint density at radius 3 is 2.20 bits per heavy atom. The summed E-state index contributed by atoms with van der Waals surface area (Å²) in [5, 5.41) is 3.56. The predicted octanol–water partition coefficient (Wildman–Crippen LogP) is 6.61. The van der Waals surface area contributed by atoms with Crippen LogP contribution < -0.4 is 14.8 Å². The van der Waals surface area contributed by atoms with Gasteiger partial charge in [0.1, 0.15) is 17.6 Å². The van der Waals surface area contributed by atoms with Crippen molar-refractivity contribution in [2.75, 3.05) is 17.9 Å². The zero-order chi connectivity index (χ0) is 32.9. The fourth-order valence-corrected chi connectivity index (χ4v) is 5.90. The molecule has 4 aromatic rings. The highest BCUT2D eigenvalue weighted by atomic mass is 35.5. The van der Waals surface area contributed by atoms with Crippen molar-refractivity contribution < 1.29 is 27.1 Å². The van der Waals surface area contributed by atoms with Gasteiger partial charge in [-0.15, -0.1) is 0 Å². The average Bonchev–Trinajstić information content (AvgIpc) is 3.06. The lowest BCUT2D eigenvalue weighted by atomic mass is 10.0. The van der Waals surface area contributed by atoms with Crippen LogP contribution in [0.1, 0.15) is 37.3 Å². The number of anilines is 1. The van der Waals surface area contributed by atoms with Crippen LogP contribution in [0.4, 0.5) is 10.1 Å². The van der Waals surface area contributed by atoms with Crippen molar-refractivity contribution >= 4 is 39.1 Å². The Bertz CT molecular complexity index is 1670. The zero-order valence-electron chi connectivity index (χ0n) is 25.5. The number of hydrogen-bond acceptors (Lipinski definition) is 5. The van der Waals surface area contributed by atoms with Gasteiger partial charge in [-0.2, -0.15) is 0 Å². The predicted molar refractivity (Wildman–Crippen MR) is 178 cm³/mol. The Kier molecular flexibility index (Phi) is 12.6. The first-order valence-corrected chi connectivity index (χ1v) is 16.9. The number of ether oxygens (including phenoxy) is 1. The Labute approximate surface area is 274 Å². The van der Waals surface area contributed by atoms with Gasteiger partial charge in [-0.3, -0.25) is 14.3 Å². The highest BCUT2D eigenvalue weighted by Gasteiger charge is 2.30. The number of rotatable bonds is 16. The fourth-order valence-electron chi connectivity index (χ4n) is 4.72. The molecule has 0 unspecified atom stereocenters. The third-order valence-electron chi connectivity index (χ3n) is 7.21. The van der Waals surface area contributed by atoms with Gasteiger partial charge in [0, 0.05) is 30.2 Å². The quantitative estimate of drug-likeness (QED) is 0.131. The number of nitrogens with one attached hydrogen (secondary N) is 2. The molecule has 0 bridgehead atoms. The molecule has 0 fully saturated rings. The Balaban J connectivity index is 1.52. The molecule has 0 saturated carbocycles. The molecule has 0 aliphatic carbocycles. The molecule has 1 atom stereocenters. The van der Waals surface area contributed by atoms with Crippen LogP contribution in [0.5, 0.6) is 5.75 Å². The number of amides is 2. The van der Waals surface area contributed by atoms with Crippen LogP contribution in [0.25, 0.3) is 0 Å². The molecule has 0 aromatic heterocycles. The normalized spacial score (nSPS) is 11.8. The van der Waals surface area contributed by atoms with E-state index in [2.05, 4.69) is 17.0 Å². The summed E-state index contributed by atoms with van der Waals surface area (Å²) in [5.41, 5.74) is 1.91. The highest BCUT2D eigenvalue weighted by molar-refractivity contribution is 7.92. The summed E-state index contributed by atoms with van der Waals surface area (Å²) in [7, 11) is -3.94. The molecule has 0 saturated heterocycles. The summed E-state index contributed by atoms with van der Waals surface area (Å²) < 4.78 is 47.0. The van der Waals surface area contributed by atoms with Crippen molar-refractivity contribution in [3.05, 3.63) is 125 Å². The summed E-state index contributed by atoms with van der Waals surface area (Å²) in [6, 6.07) is 26.3. The molecule has 46 heavy (non-hydrogen) atoms.